The molecule has 2 heterocycles. The Bertz CT molecular complexity index is 1890. The first-order valence-corrected chi connectivity index (χ1v) is 13.5. The summed E-state index contributed by atoms with van der Waals surface area (Å²) in [6.45, 7) is 4.36. The molecule has 4 aromatic carbocycles. The molecule has 0 spiro atoms. The average Bonchev–Trinajstić information content (AvgIpc) is 3.24. The van der Waals surface area contributed by atoms with Crippen LogP contribution in [0.15, 0.2) is 109 Å². The predicted octanol–water partition coefficient (Wildman–Crippen LogP) is 7.68. The Labute approximate surface area is 220 Å². The van der Waals surface area contributed by atoms with Crippen LogP contribution >= 0.6 is 11.3 Å². The molecule has 0 saturated heterocycles. The number of para-hydroxylation sites is 1. The van der Waals surface area contributed by atoms with Crippen molar-refractivity contribution in [2.24, 2.45) is 0 Å². The van der Waals surface area contributed by atoms with Crippen LogP contribution in [-0.2, 0) is 0 Å². The number of anilines is 2. The Morgan fingerprint density at radius 2 is 1.73 bits per heavy atom. The van der Waals surface area contributed by atoms with Crippen molar-refractivity contribution in [3.05, 3.63) is 125 Å². The smallest absolute Gasteiger partial charge is 0.0714 e. The summed E-state index contributed by atoms with van der Waals surface area (Å²) in [5, 5.41) is 12.2. The summed E-state index contributed by atoms with van der Waals surface area (Å²) < 4.78 is 2.36. The molecule has 2 nitrogen and oxygen atoms in total. The Hall–Kier alpha value is -4.34. The van der Waals surface area contributed by atoms with Crippen molar-refractivity contribution < 1.29 is 0 Å². The highest BCUT2D eigenvalue weighted by molar-refractivity contribution is 7.17. The van der Waals surface area contributed by atoms with Crippen LogP contribution in [0.5, 0.6) is 0 Å². The quantitative estimate of drug-likeness (QED) is 0.268. The maximum absolute atomic E-state index is 4.36. The van der Waals surface area contributed by atoms with Gasteiger partial charge in [0.05, 0.1) is 11.4 Å². The van der Waals surface area contributed by atoms with Crippen molar-refractivity contribution in [1.29, 1.82) is 0 Å². The fraction of sp³-hybridized carbons (Fsp3) is 0.0588. The molecular weight excluding hydrogens is 468 g/mol. The van der Waals surface area contributed by atoms with E-state index in [0.29, 0.717) is 6.04 Å². The molecule has 0 bridgehead atoms. The number of hydrogen-bond acceptors (Lipinski definition) is 3. The molecule has 2 N–H and O–H groups in total. The highest BCUT2D eigenvalue weighted by Gasteiger charge is 2.22. The highest BCUT2D eigenvalue weighted by atomic mass is 32.1. The Balaban J connectivity index is 1.20. The number of benzene rings is 4. The number of nitrogens with one attached hydrogen (secondary N) is 2. The van der Waals surface area contributed by atoms with Crippen molar-refractivity contribution >= 4 is 61.9 Å². The van der Waals surface area contributed by atoms with Gasteiger partial charge < -0.3 is 10.6 Å². The minimum Gasteiger partial charge on any atom is -0.377 e. The van der Waals surface area contributed by atoms with Crippen LogP contribution in [-0.4, -0.2) is 6.04 Å². The minimum absolute atomic E-state index is 0.336. The van der Waals surface area contributed by atoms with Crippen LogP contribution in [0, 0.1) is 0 Å². The van der Waals surface area contributed by atoms with Crippen LogP contribution in [0.3, 0.4) is 0 Å². The number of fused-ring (bicyclic) bond motifs is 3. The lowest BCUT2D eigenvalue weighted by Gasteiger charge is -2.29. The normalized spacial score (nSPS) is 17.7. The zero-order valence-corrected chi connectivity index (χ0v) is 21.2. The van der Waals surface area contributed by atoms with Crippen LogP contribution in [0.4, 0.5) is 11.4 Å². The number of rotatable bonds is 4. The molecule has 1 atom stereocenters. The molecule has 1 aliphatic heterocycles. The number of allylic oxidation sites excluding steroid dienone is 3. The van der Waals surface area contributed by atoms with E-state index in [-0.39, 0.29) is 0 Å². The van der Waals surface area contributed by atoms with Crippen molar-refractivity contribution in [3.8, 4) is 11.1 Å². The maximum Gasteiger partial charge on any atom is 0.0714 e. The summed E-state index contributed by atoms with van der Waals surface area (Å²) in [4.78, 5) is 0. The van der Waals surface area contributed by atoms with Crippen molar-refractivity contribution in [2.75, 3.05) is 10.6 Å². The molecule has 1 aliphatic carbocycles. The molecule has 2 aliphatic rings. The third kappa shape index (κ3) is 3.98. The second-order valence-electron chi connectivity index (χ2n) is 9.61. The van der Waals surface area contributed by atoms with Gasteiger partial charge in [0.25, 0.3) is 0 Å². The molecule has 5 aromatic rings. The van der Waals surface area contributed by atoms with Gasteiger partial charge in [0.15, 0.2) is 0 Å². The van der Waals surface area contributed by atoms with Gasteiger partial charge >= 0.3 is 0 Å². The van der Waals surface area contributed by atoms with Gasteiger partial charge in [0.1, 0.15) is 0 Å². The molecule has 0 fully saturated rings. The zero-order valence-electron chi connectivity index (χ0n) is 20.4. The molecule has 3 heteroatoms. The Morgan fingerprint density at radius 1 is 0.865 bits per heavy atom. The summed E-state index contributed by atoms with van der Waals surface area (Å²) >= 11 is 1.76. The van der Waals surface area contributed by atoms with Crippen LogP contribution in [0.25, 0.3) is 50.3 Å². The van der Waals surface area contributed by atoms with Gasteiger partial charge in [-0.15, -0.1) is 11.3 Å². The molecule has 37 heavy (non-hydrogen) atoms. The molecule has 1 aromatic heterocycles. The third-order valence-electron chi connectivity index (χ3n) is 7.24. The zero-order chi connectivity index (χ0) is 24.8. The average molecular weight is 495 g/mol. The SMILES string of the molecule is C=c1sc2cc(-c3ccc4ccccc4c3)ccc2/c1=C/C=C1\Nc2c(NC3C=CC=CC3)cccc21. The molecule has 0 amide bonds. The van der Waals surface area contributed by atoms with Gasteiger partial charge in [-0.2, -0.15) is 0 Å². The maximum atomic E-state index is 4.36. The van der Waals surface area contributed by atoms with Crippen LogP contribution in [0.2, 0.25) is 0 Å². The van der Waals surface area contributed by atoms with E-state index in [9.17, 15) is 0 Å². The lowest BCUT2D eigenvalue weighted by atomic mass is 9.98. The van der Waals surface area contributed by atoms with Gasteiger partial charge in [-0.25, -0.2) is 0 Å². The van der Waals surface area contributed by atoms with E-state index in [2.05, 4.69) is 133 Å². The first-order chi connectivity index (χ1) is 18.2. The van der Waals surface area contributed by atoms with E-state index in [0.717, 1.165) is 22.3 Å². The number of thiophene rings is 1. The van der Waals surface area contributed by atoms with E-state index in [1.54, 1.807) is 11.3 Å². The third-order valence-corrected chi connectivity index (χ3v) is 8.26. The van der Waals surface area contributed by atoms with Gasteiger partial charge in [-0.3, -0.25) is 0 Å². The molecule has 0 radical (unpaired) electrons. The number of hydrogen-bond donors (Lipinski definition) is 2. The Morgan fingerprint density at radius 3 is 2.62 bits per heavy atom. The molecule has 0 saturated carbocycles. The van der Waals surface area contributed by atoms with E-state index >= 15 is 0 Å². The first-order valence-electron chi connectivity index (χ1n) is 12.7. The first kappa shape index (κ1) is 21.9. The lowest BCUT2D eigenvalue weighted by Crippen LogP contribution is -2.21. The van der Waals surface area contributed by atoms with Gasteiger partial charge in [-0.1, -0.05) is 97.6 Å². The second-order valence-corrected chi connectivity index (χ2v) is 10.7. The van der Waals surface area contributed by atoms with Gasteiger partial charge in [0, 0.05) is 31.9 Å². The van der Waals surface area contributed by atoms with E-state index in [1.165, 1.54) is 48.5 Å². The summed E-state index contributed by atoms with van der Waals surface area (Å²) in [7, 11) is 0. The fourth-order valence-corrected chi connectivity index (χ4v) is 6.28. The summed E-state index contributed by atoms with van der Waals surface area (Å²) in [5.74, 6) is 0. The van der Waals surface area contributed by atoms with Crippen LogP contribution in [0.1, 0.15) is 12.0 Å². The minimum atomic E-state index is 0.336. The van der Waals surface area contributed by atoms with E-state index < -0.39 is 0 Å². The van der Waals surface area contributed by atoms with E-state index in [1.807, 2.05) is 0 Å². The largest absolute Gasteiger partial charge is 0.377 e. The van der Waals surface area contributed by atoms with Crippen molar-refractivity contribution in [1.82, 2.24) is 0 Å². The second kappa shape index (κ2) is 8.95. The van der Waals surface area contributed by atoms with Gasteiger partial charge in [0.2, 0.25) is 0 Å². The standard InChI is InChI=1S/C34H26N2S/c1-22-28(18-19-31-30-12-7-13-32(34(30)36-31)35-27-10-3-2-4-11-27)29-17-16-26(21-33(29)37-22)25-15-14-23-8-5-6-9-24(23)20-25/h2-10,12-21,27,35-36H,1,11H2/b28-18+,31-19-. The fourth-order valence-electron chi connectivity index (χ4n) is 5.26. The monoisotopic (exact) mass is 494 g/mol. The van der Waals surface area contributed by atoms with Crippen LogP contribution < -0.4 is 20.4 Å². The molecule has 1 unspecified atom stereocenters. The van der Waals surface area contributed by atoms with E-state index in [4.69, 9.17) is 0 Å². The lowest BCUT2D eigenvalue weighted by molar-refractivity contribution is 0.883. The molecule has 7 rings (SSSR count). The molecule has 178 valence electrons. The summed E-state index contributed by atoms with van der Waals surface area (Å²) in [5.41, 5.74) is 7.20. The predicted molar refractivity (Wildman–Crippen MR) is 162 cm³/mol. The topological polar surface area (TPSA) is 24.1 Å². The van der Waals surface area contributed by atoms with Crippen molar-refractivity contribution in [3.63, 3.8) is 0 Å². The Kier molecular flexibility index (Phi) is 5.30. The summed E-state index contributed by atoms with van der Waals surface area (Å²) in [6, 6.07) is 28.8. The van der Waals surface area contributed by atoms with Crippen molar-refractivity contribution in [2.45, 2.75) is 12.5 Å². The van der Waals surface area contributed by atoms with Gasteiger partial charge in [-0.05, 0) is 57.8 Å². The summed E-state index contributed by atoms with van der Waals surface area (Å²) in [6.07, 6.45) is 14.0. The molecular formula is C34H26N2S. The highest BCUT2D eigenvalue weighted by Crippen LogP contribution is 2.41.